The van der Waals surface area contributed by atoms with E-state index < -0.39 is 16.6 Å². The van der Waals surface area contributed by atoms with Gasteiger partial charge in [-0.2, -0.15) is 0 Å². The SMILES string of the molecule is CC(C)(C)c1ccc(S(=O)Cc2c(N)cccc2F)cc1. The lowest BCUT2D eigenvalue weighted by Crippen LogP contribution is -2.11. The molecule has 112 valence electrons. The van der Waals surface area contributed by atoms with E-state index >= 15 is 0 Å². The molecule has 0 heterocycles. The van der Waals surface area contributed by atoms with E-state index in [1.54, 1.807) is 12.1 Å². The topological polar surface area (TPSA) is 43.1 Å². The summed E-state index contributed by atoms with van der Waals surface area (Å²) in [4.78, 5) is 0.686. The molecule has 1 unspecified atom stereocenters. The zero-order valence-electron chi connectivity index (χ0n) is 12.5. The maximum Gasteiger partial charge on any atom is 0.129 e. The summed E-state index contributed by atoms with van der Waals surface area (Å²) in [5.41, 5.74) is 7.64. The minimum atomic E-state index is -1.31. The van der Waals surface area contributed by atoms with Crippen molar-refractivity contribution in [3.8, 4) is 0 Å². The van der Waals surface area contributed by atoms with Crippen molar-refractivity contribution in [1.82, 2.24) is 0 Å². The largest absolute Gasteiger partial charge is 0.398 e. The average Bonchev–Trinajstić information content (AvgIpc) is 2.42. The molecule has 0 aliphatic heterocycles. The summed E-state index contributed by atoms with van der Waals surface area (Å²) in [7, 11) is -1.31. The van der Waals surface area contributed by atoms with Gasteiger partial charge in [0.15, 0.2) is 0 Å². The van der Waals surface area contributed by atoms with Crippen LogP contribution in [-0.2, 0) is 22.0 Å². The van der Waals surface area contributed by atoms with E-state index in [0.717, 1.165) is 0 Å². The van der Waals surface area contributed by atoms with Crippen molar-refractivity contribution in [2.45, 2.75) is 36.8 Å². The lowest BCUT2D eigenvalue weighted by atomic mass is 9.87. The zero-order chi connectivity index (χ0) is 15.6. The lowest BCUT2D eigenvalue weighted by molar-refractivity contribution is 0.589. The van der Waals surface area contributed by atoms with Gasteiger partial charge < -0.3 is 5.73 Å². The fraction of sp³-hybridized carbons (Fsp3) is 0.294. The summed E-state index contributed by atoms with van der Waals surface area (Å²) in [6.07, 6.45) is 0. The van der Waals surface area contributed by atoms with Gasteiger partial charge in [-0.25, -0.2) is 4.39 Å². The van der Waals surface area contributed by atoms with Crippen LogP contribution in [0.2, 0.25) is 0 Å². The average molecular weight is 305 g/mol. The molecule has 21 heavy (non-hydrogen) atoms. The maximum absolute atomic E-state index is 13.7. The van der Waals surface area contributed by atoms with Gasteiger partial charge in [-0.15, -0.1) is 0 Å². The number of nitrogen functional groups attached to an aromatic ring is 1. The van der Waals surface area contributed by atoms with Crippen molar-refractivity contribution in [2.24, 2.45) is 0 Å². The highest BCUT2D eigenvalue weighted by Crippen LogP contribution is 2.25. The summed E-state index contributed by atoms with van der Waals surface area (Å²) >= 11 is 0. The highest BCUT2D eigenvalue weighted by Gasteiger charge is 2.15. The van der Waals surface area contributed by atoms with Gasteiger partial charge in [-0.3, -0.25) is 4.21 Å². The molecule has 1 atom stereocenters. The first-order chi connectivity index (χ1) is 9.79. The molecule has 2 rings (SSSR count). The third-order valence-corrected chi connectivity index (χ3v) is 4.76. The van der Waals surface area contributed by atoms with Crippen molar-refractivity contribution in [1.29, 1.82) is 0 Å². The van der Waals surface area contributed by atoms with Crippen molar-refractivity contribution < 1.29 is 8.60 Å². The van der Waals surface area contributed by atoms with E-state index in [4.69, 9.17) is 5.73 Å². The minimum Gasteiger partial charge on any atom is -0.398 e. The van der Waals surface area contributed by atoms with Crippen LogP contribution in [0.25, 0.3) is 0 Å². The van der Waals surface area contributed by atoms with E-state index in [1.165, 1.54) is 11.6 Å². The molecular formula is C17H20FNOS. The van der Waals surface area contributed by atoms with Crippen LogP contribution in [0.5, 0.6) is 0 Å². The van der Waals surface area contributed by atoms with Crippen LogP contribution in [0.15, 0.2) is 47.4 Å². The smallest absolute Gasteiger partial charge is 0.129 e. The molecule has 0 aliphatic carbocycles. The van der Waals surface area contributed by atoms with Gasteiger partial charge in [-0.1, -0.05) is 39.0 Å². The Labute approximate surface area is 127 Å². The van der Waals surface area contributed by atoms with E-state index in [2.05, 4.69) is 20.8 Å². The zero-order valence-corrected chi connectivity index (χ0v) is 13.3. The summed E-state index contributed by atoms with van der Waals surface area (Å²) in [5, 5.41) is 0. The molecule has 0 amide bonds. The number of benzene rings is 2. The fourth-order valence-corrected chi connectivity index (χ4v) is 3.22. The first-order valence-electron chi connectivity index (χ1n) is 6.81. The predicted octanol–water partition coefficient (Wildman–Crippen LogP) is 4.01. The lowest BCUT2D eigenvalue weighted by Gasteiger charge is -2.19. The van der Waals surface area contributed by atoms with Crippen molar-refractivity contribution in [2.75, 3.05) is 5.73 Å². The Morgan fingerprint density at radius 3 is 2.24 bits per heavy atom. The molecule has 2 aromatic rings. The monoisotopic (exact) mass is 305 g/mol. The van der Waals surface area contributed by atoms with E-state index in [-0.39, 0.29) is 11.2 Å². The Bertz CT molecular complexity index is 639. The third-order valence-electron chi connectivity index (χ3n) is 3.41. The second-order valence-electron chi connectivity index (χ2n) is 6.07. The molecule has 2 nitrogen and oxygen atoms in total. The first kappa shape index (κ1) is 15.7. The minimum absolute atomic E-state index is 0.0516. The highest BCUT2D eigenvalue weighted by atomic mass is 32.2. The molecule has 0 saturated heterocycles. The Kier molecular flexibility index (Phi) is 4.47. The summed E-state index contributed by atoms with van der Waals surface area (Å²) < 4.78 is 26.1. The number of rotatable bonds is 3. The molecule has 2 aromatic carbocycles. The van der Waals surface area contributed by atoms with Gasteiger partial charge in [-0.05, 0) is 35.2 Å². The van der Waals surface area contributed by atoms with Crippen LogP contribution >= 0.6 is 0 Å². The second-order valence-corrected chi connectivity index (χ2v) is 7.52. The Hall–Kier alpha value is -1.68. The number of hydrogen-bond acceptors (Lipinski definition) is 2. The molecule has 0 fully saturated rings. The third kappa shape index (κ3) is 3.70. The van der Waals surface area contributed by atoms with Crippen LogP contribution in [0.3, 0.4) is 0 Å². The quantitative estimate of drug-likeness (QED) is 0.871. The molecule has 0 aromatic heterocycles. The maximum atomic E-state index is 13.7. The normalized spacial score (nSPS) is 13.1. The number of nitrogens with two attached hydrogens (primary N) is 1. The molecule has 0 radical (unpaired) electrons. The summed E-state index contributed by atoms with van der Waals surface area (Å²) in [6.45, 7) is 6.37. The Morgan fingerprint density at radius 2 is 1.71 bits per heavy atom. The van der Waals surface area contributed by atoms with Crippen LogP contribution in [0.4, 0.5) is 10.1 Å². The molecule has 0 saturated carbocycles. The summed E-state index contributed by atoms with van der Waals surface area (Å²) in [5.74, 6) is -0.317. The van der Waals surface area contributed by atoms with Crippen molar-refractivity contribution >= 4 is 16.5 Å². The van der Waals surface area contributed by atoms with Crippen molar-refractivity contribution in [3.63, 3.8) is 0 Å². The van der Waals surface area contributed by atoms with Gasteiger partial charge in [0.2, 0.25) is 0 Å². The van der Waals surface area contributed by atoms with Crippen LogP contribution in [0.1, 0.15) is 31.9 Å². The molecule has 0 spiro atoms. The standard InChI is InChI=1S/C17H20FNOS/c1-17(2,3)12-7-9-13(10-8-12)21(20)11-14-15(18)5-4-6-16(14)19/h4-10H,11,19H2,1-3H3. The fourth-order valence-electron chi connectivity index (χ4n) is 2.05. The second kappa shape index (κ2) is 5.98. The summed E-state index contributed by atoms with van der Waals surface area (Å²) in [6, 6.07) is 12.1. The first-order valence-corrected chi connectivity index (χ1v) is 8.12. The Morgan fingerprint density at radius 1 is 1.10 bits per heavy atom. The Balaban J connectivity index is 2.21. The number of halogens is 1. The van der Waals surface area contributed by atoms with Crippen LogP contribution < -0.4 is 5.73 Å². The molecular weight excluding hydrogens is 285 g/mol. The van der Waals surface area contributed by atoms with E-state index in [1.807, 2.05) is 24.3 Å². The molecule has 2 N–H and O–H groups in total. The molecule has 0 aliphatic rings. The molecule has 0 bridgehead atoms. The molecule has 4 heteroatoms. The number of anilines is 1. The van der Waals surface area contributed by atoms with Gasteiger partial charge in [0.25, 0.3) is 0 Å². The van der Waals surface area contributed by atoms with E-state index in [0.29, 0.717) is 16.1 Å². The van der Waals surface area contributed by atoms with Gasteiger partial charge in [0, 0.05) is 16.1 Å². The van der Waals surface area contributed by atoms with Gasteiger partial charge in [0.05, 0.1) is 16.6 Å². The van der Waals surface area contributed by atoms with E-state index in [9.17, 15) is 8.60 Å². The van der Waals surface area contributed by atoms with Gasteiger partial charge >= 0.3 is 0 Å². The van der Waals surface area contributed by atoms with Crippen LogP contribution in [0, 0.1) is 5.82 Å². The predicted molar refractivity (Wildman–Crippen MR) is 86.1 cm³/mol. The van der Waals surface area contributed by atoms with Crippen LogP contribution in [-0.4, -0.2) is 4.21 Å². The highest BCUT2D eigenvalue weighted by molar-refractivity contribution is 7.84. The van der Waals surface area contributed by atoms with Crippen molar-refractivity contribution in [3.05, 3.63) is 59.4 Å². The number of hydrogen-bond donors (Lipinski definition) is 1. The van der Waals surface area contributed by atoms with Gasteiger partial charge in [0.1, 0.15) is 5.82 Å².